The molecule has 0 amide bonds. The number of alkyl halides is 3. The maximum atomic E-state index is 12.5. The van der Waals surface area contributed by atoms with Gasteiger partial charge in [0.05, 0.1) is 12.2 Å². The van der Waals surface area contributed by atoms with Gasteiger partial charge < -0.3 is 4.74 Å². The highest BCUT2D eigenvalue weighted by Crippen LogP contribution is 2.29. The molecule has 0 bridgehead atoms. The molecular weight excluding hydrogens is 289 g/mol. The third kappa shape index (κ3) is 3.15. The molecule has 3 rings (SSSR count). The molecule has 1 aliphatic heterocycles. The van der Waals surface area contributed by atoms with E-state index < -0.39 is 11.7 Å². The van der Waals surface area contributed by atoms with Crippen LogP contribution in [0, 0.1) is 11.8 Å². The van der Waals surface area contributed by atoms with Crippen LogP contribution in [0.25, 0.3) is 0 Å². The molecule has 0 saturated carbocycles. The minimum absolute atomic E-state index is 0.327. The molecular formula is C18H13F3O. The highest BCUT2D eigenvalue weighted by atomic mass is 19.4. The van der Waals surface area contributed by atoms with Crippen molar-refractivity contribution in [3.05, 3.63) is 70.8 Å². The summed E-state index contributed by atoms with van der Waals surface area (Å²) >= 11 is 0. The zero-order chi connectivity index (χ0) is 15.6. The number of ether oxygens (including phenoxy) is 1. The van der Waals surface area contributed by atoms with Crippen molar-refractivity contribution in [1.82, 2.24) is 0 Å². The van der Waals surface area contributed by atoms with E-state index in [0.29, 0.717) is 12.2 Å². The molecule has 2 aromatic rings. The molecule has 0 aliphatic carbocycles. The minimum Gasteiger partial charge on any atom is -0.360 e. The number of hydrogen-bond donors (Lipinski definition) is 0. The summed E-state index contributed by atoms with van der Waals surface area (Å²) in [7, 11) is 0. The Labute approximate surface area is 126 Å². The summed E-state index contributed by atoms with van der Waals surface area (Å²) in [6.07, 6.45) is -3.79. The van der Waals surface area contributed by atoms with Crippen LogP contribution in [0.5, 0.6) is 0 Å². The van der Waals surface area contributed by atoms with E-state index in [9.17, 15) is 13.2 Å². The zero-order valence-electron chi connectivity index (χ0n) is 11.7. The molecule has 0 N–H and O–H groups in total. The Kier molecular flexibility index (Phi) is 3.91. The van der Waals surface area contributed by atoms with Gasteiger partial charge in [0, 0.05) is 5.56 Å². The van der Waals surface area contributed by atoms with Crippen LogP contribution in [-0.4, -0.2) is 6.61 Å². The Morgan fingerprint density at radius 1 is 1.00 bits per heavy atom. The summed E-state index contributed by atoms with van der Waals surface area (Å²) < 4.78 is 43.2. The van der Waals surface area contributed by atoms with Crippen molar-refractivity contribution in [2.75, 3.05) is 6.61 Å². The van der Waals surface area contributed by atoms with Gasteiger partial charge in [-0.25, -0.2) is 0 Å². The zero-order valence-corrected chi connectivity index (χ0v) is 11.7. The van der Waals surface area contributed by atoms with Crippen molar-refractivity contribution >= 4 is 0 Å². The molecule has 0 saturated heterocycles. The Morgan fingerprint density at radius 3 is 2.45 bits per heavy atom. The number of benzene rings is 2. The van der Waals surface area contributed by atoms with Crippen LogP contribution in [0.3, 0.4) is 0 Å². The standard InChI is InChI=1S/C18H13F3O/c19-18(20,21)15-8-5-13(6-9-15)7-10-17-16-4-2-1-3-14(16)11-12-22-17/h1-6,8-9,17H,11-12H2. The number of hydrogen-bond acceptors (Lipinski definition) is 1. The first kappa shape index (κ1) is 14.7. The largest absolute Gasteiger partial charge is 0.416 e. The van der Waals surface area contributed by atoms with Crippen molar-refractivity contribution in [1.29, 1.82) is 0 Å². The van der Waals surface area contributed by atoms with Gasteiger partial charge in [-0.05, 0) is 41.8 Å². The SMILES string of the molecule is FC(F)(F)c1ccc(C#CC2OCCc3ccccc32)cc1. The van der Waals surface area contributed by atoms with Gasteiger partial charge in [-0.15, -0.1) is 0 Å². The molecule has 2 aromatic carbocycles. The third-order valence-electron chi connectivity index (χ3n) is 3.55. The first-order valence-electron chi connectivity index (χ1n) is 6.92. The van der Waals surface area contributed by atoms with Crippen LogP contribution in [0.15, 0.2) is 48.5 Å². The monoisotopic (exact) mass is 302 g/mol. The first-order valence-corrected chi connectivity index (χ1v) is 6.92. The highest BCUT2D eigenvalue weighted by molar-refractivity contribution is 5.41. The molecule has 112 valence electrons. The van der Waals surface area contributed by atoms with Gasteiger partial charge in [0.2, 0.25) is 0 Å². The van der Waals surface area contributed by atoms with E-state index in [1.54, 1.807) is 0 Å². The summed E-state index contributed by atoms with van der Waals surface area (Å²) in [5.74, 6) is 5.89. The quantitative estimate of drug-likeness (QED) is 0.657. The molecule has 1 aliphatic rings. The Bertz CT molecular complexity index is 720. The molecule has 0 spiro atoms. The normalized spacial score (nSPS) is 17.3. The van der Waals surface area contributed by atoms with Gasteiger partial charge >= 0.3 is 6.18 Å². The highest BCUT2D eigenvalue weighted by Gasteiger charge is 2.29. The van der Waals surface area contributed by atoms with Crippen LogP contribution in [-0.2, 0) is 17.3 Å². The molecule has 1 unspecified atom stereocenters. The van der Waals surface area contributed by atoms with Crippen LogP contribution in [0.4, 0.5) is 13.2 Å². The Balaban J connectivity index is 1.82. The molecule has 22 heavy (non-hydrogen) atoms. The van der Waals surface area contributed by atoms with E-state index >= 15 is 0 Å². The number of fused-ring (bicyclic) bond motifs is 1. The minimum atomic E-state index is -4.32. The van der Waals surface area contributed by atoms with Crippen molar-refractivity contribution in [3.63, 3.8) is 0 Å². The molecule has 0 radical (unpaired) electrons. The van der Waals surface area contributed by atoms with E-state index in [-0.39, 0.29) is 6.10 Å². The second-order valence-corrected chi connectivity index (χ2v) is 5.04. The maximum Gasteiger partial charge on any atom is 0.416 e. The van der Waals surface area contributed by atoms with Crippen molar-refractivity contribution in [3.8, 4) is 11.8 Å². The second kappa shape index (κ2) is 5.86. The van der Waals surface area contributed by atoms with E-state index in [1.807, 2.05) is 24.3 Å². The molecule has 0 fully saturated rings. The smallest absolute Gasteiger partial charge is 0.360 e. The predicted molar refractivity (Wildman–Crippen MR) is 77.2 cm³/mol. The van der Waals surface area contributed by atoms with E-state index in [1.165, 1.54) is 17.7 Å². The fourth-order valence-electron chi connectivity index (χ4n) is 2.41. The molecule has 1 atom stereocenters. The summed E-state index contributed by atoms with van der Waals surface area (Å²) in [5.41, 5.74) is 2.12. The lowest BCUT2D eigenvalue weighted by molar-refractivity contribution is -0.137. The summed E-state index contributed by atoms with van der Waals surface area (Å²) in [6, 6.07) is 12.8. The average molecular weight is 302 g/mol. The maximum absolute atomic E-state index is 12.5. The van der Waals surface area contributed by atoms with E-state index in [4.69, 9.17) is 4.74 Å². The fourth-order valence-corrected chi connectivity index (χ4v) is 2.41. The van der Waals surface area contributed by atoms with Crippen molar-refractivity contribution in [2.45, 2.75) is 18.7 Å². The van der Waals surface area contributed by atoms with E-state index in [2.05, 4.69) is 11.8 Å². The van der Waals surface area contributed by atoms with Crippen LogP contribution >= 0.6 is 0 Å². The van der Waals surface area contributed by atoms with Gasteiger partial charge in [0.25, 0.3) is 0 Å². The van der Waals surface area contributed by atoms with Crippen LogP contribution < -0.4 is 0 Å². The van der Waals surface area contributed by atoms with E-state index in [0.717, 1.165) is 24.1 Å². The van der Waals surface area contributed by atoms with Gasteiger partial charge in [-0.2, -0.15) is 13.2 Å². The number of rotatable bonds is 0. The topological polar surface area (TPSA) is 9.23 Å². The average Bonchev–Trinajstić information content (AvgIpc) is 2.52. The van der Waals surface area contributed by atoms with Crippen LogP contribution in [0.1, 0.15) is 28.4 Å². The van der Waals surface area contributed by atoms with Crippen LogP contribution in [0.2, 0.25) is 0 Å². The lowest BCUT2D eigenvalue weighted by Gasteiger charge is -2.21. The third-order valence-corrected chi connectivity index (χ3v) is 3.55. The lowest BCUT2D eigenvalue weighted by Crippen LogP contribution is -2.14. The number of halogens is 3. The first-order chi connectivity index (χ1) is 10.5. The fraction of sp³-hybridized carbons (Fsp3) is 0.222. The second-order valence-electron chi connectivity index (χ2n) is 5.04. The summed E-state index contributed by atoms with van der Waals surface area (Å²) in [6.45, 7) is 0.601. The molecule has 0 aromatic heterocycles. The molecule has 1 heterocycles. The van der Waals surface area contributed by atoms with Gasteiger partial charge in [-0.1, -0.05) is 36.1 Å². The Hall–Kier alpha value is -2.25. The summed E-state index contributed by atoms with van der Waals surface area (Å²) in [4.78, 5) is 0. The Morgan fingerprint density at radius 2 is 1.73 bits per heavy atom. The van der Waals surface area contributed by atoms with Crippen molar-refractivity contribution in [2.24, 2.45) is 0 Å². The summed E-state index contributed by atoms with van der Waals surface area (Å²) in [5, 5.41) is 0. The van der Waals surface area contributed by atoms with Gasteiger partial charge in [0.15, 0.2) is 0 Å². The van der Waals surface area contributed by atoms with Gasteiger partial charge in [0.1, 0.15) is 6.10 Å². The molecule has 1 nitrogen and oxygen atoms in total. The molecule has 4 heteroatoms. The van der Waals surface area contributed by atoms with Gasteiger partial charge in [-0.3, -0.25) is 0 Å². The van der Waals surface area contributed by atoms with Crippen molar-refractivity contribution < 1.29 is 17.9 Å². The lowest BCUT2D eigenvalue weighted by atomic mass is 9.98. The predicted octanol–water partition coefficient (Wildman–Crippen LogP) is 4.37.